The normalized spacial score (nSPS) is 43.7. The van der Waals surface area contributed by atoms with E-state index >= 15 is 0 Å². The molecular formula is C12H17N. The van der Waals surface area contributed by atoms with E-state index in [-0.39, 0.29) is 5.41 Å². The van der Waals surface area contributed by atoms with Crippen molar-refractivity contribution in [2.24, 2.45) is 17.3 Å². The minimum atomic E-state index is -0.0296. The molecule has 0 heterocycles. The van der Waals surface area contributed by atoms with Crippen LogP contribution in [0.1, 0.15) is 39.0 Å². The minimum Gasteiger partial charge on any atom is -0.198 e. The number of fused-ring (bicyclic) bond motifs is 1. The first-order chi connectivity index (χ1) is 6.23. The molecule has 2 rings (SSSR count). The summed E-state index contributed by atoms with van der Waals surface area (Å²) < 4.78 is 0. The fraction of sp³-hybridized carbons (Fsp3) is 0.750. The van der Waals surface area contributed by atoms with Crippen LogP contribution in [-0.2, 0) is 0 Å². The van der Waals surface area contributed by atoms with Gasteiger partial charge in [-0.15, -0.1) is 0 Å². The lowest BCUT2D eigenvalue weighted by Gasteiger charge is -2.18. The highest BCUT2D eigenvalue weighted by Gasteiger charge is 2.33. The van der Waals surface area contributed by atoms with Gasteiger partial charge in [0.25, 0.3) is 0 Å². The summed E-state index contributed by atoms with van der Waals surface area (Å²) in [5.41, 5.74) is -0.0296. The number of hydrogen-bond acceptors (Lipinski definition) is 1. The Balaban J connectivity index is 2.07. The third-order valence-corrected chi connectivity index (χ3v) is 3.79. The zero-order valence-corrected chi connectivity index (χ0v) is 8.29. The largest absolute Gasteiger partial charge is 0.198 e. The van der Waals surface area contributed by atoms with Crippen molar-refractivity contribution in [3.63, 3.8) is 0 Å². The van der Waals surface area contributed by atoms with Gasteiger partial charge in [-0.3, -0.25) is 0 Å². The minimum absolute atomic E-state index is 0.0296. The maximum Gasteiger partial charge on any atom is 0.0686 e. The Morgan fingerprint density at radius 2 is 2.15 bits per heavy atom. The lowest BCUT2D eigenvalue weighted by Crippen LogP contribution is -2.11. The highest BCUT2D eigenvalue weighted by Crippen LogP contribution is 2.43. The second-order valence-corrected chi connectivity index (χ2v) is 4.84. The molecule has 0 aromatic rings. The van der Waals surface area contributed by atoms with E-state index in [4.69, 9.17) is 5.26 Å². The van der Waals surface area contributed by atoms with E-state index in [2.05, 4.69) is 25.1 Å². The molecule has 70 valence electrons. The van der Waals surface area contributed by atoms with E-state index in [0.717, 1.165) is 24.7 Å². The summed E-state index contributed by atoms with van der Waals surface area (Å²) in [6.45, 7) is 2.12. The third-order valence-electron chi connectivity index (χ3n) is 3.79. The molecule has 1 fully saturated rings. The van der Waals surface area contributed by atoms with E-state index in [9.17, 15) is 0 Å². The molecule has 2 aliphatic carbocycles. The molecule has 1 saturated carbocycles. The molecule has 13 heavy (non-hydrogen) atoms. The monoisotopic (exact) mass is 175 g/mol. The Labute approximate surface area is 80.4 Å². The summed E-state index contributed by atoms with van der Waals surface area (Å²) >= 11 is 0. The Hall–Kier alpha value is -0.770. The highest BCUT2D eigenvalue weighted by atomic mass is 14.4. The van der Waals surface area contributed by atoms with Crippen LogP contribution in [0.5, 0.6) is 0 Å². The Bertz CT molecular complexity index is 261. The number of allylic oxidation sites excluding steroid dienone is 2. The summed E-state index contributed by atoms with van der Waals surface area (Å²) in [4.78, 5) is 0. The van der Waals surface area contributed by atoms with Gasteiger partial charge in [0.15, 0.2) is 0 Å². The summed E-state index contributed by atoms with van der Waals surface area (Å²) in [7, 11) is 0. The molecule has 0 aromatic carbocycles. The van der Waals surface area contributed by atoms with Crippen LogP contribution in [0.4, 0.5) is 0 Å². The number of nitrogens with zero attached hydrogens (tertiary/aromatic N) is 1. The van der Waals surface area contributed by atoms with Crippen molar-refractivity contribution >= 4 is 0 Å². The standard InChI is InChI=1S/C12H17N/c1-12(9-13)7-5-10-3-2-4-11(10)6-8-12/h2-3,10-11H,4-8H2,1H3. The van der Waals surface area contributed by atoms with Gasteiger partial charge in [-0.1, -0.05) is 12.2 Å². The van der Waals surface area contributed by atoms with Crippen LogP contribution in [0.2, 0.25) is 0 Å². The Morgan fingerprint density at radius 1 is 1.38 bits per heavy atom. The van der Waals surface area contributed by atoms with Gasteiger partial charge in [-0.25, -0.2) is 0 Å². The Morgan fingerprint density at radius 3 is 2.92 bits per heavy atom. The second kappa shape index (κ2) is 3.18. The smallest absolute Gasteiger partial charge is 0.0686 e. The van der Waals surface area contributed by atoms with Crippen LogP contribution in [0.3, 0.4) is 0 Å². The van der Waals surface area contributed by atoms with Crippen molar-refractivity contribution in [3.05, 3.63) is 12.2 Å². The van der Waals surface area contributed by atoms with Gasteiger partial charge in [0.1, 0.15) is 0 Å². The lowest BCUT2D eigenvalue weighted by atomic mass is 9.84. The molecule has 0 N–H and O–H groups in total. The van der Waals surface area contributed by atoms with E-state index in [1.807, 2.05) is 0 Å². The van der Waals surface area contributed by atoms with Gasteiger partial charge in [-0.05, 0) is 50.9 Å². The maximum absolute atomic E-state index is 9.07. The third kappa shape index (κ3) is 1.63. The van der Waals surface area contributed by atoms with Crippen molar-refractivity contribution in [1.29, 1.82) is 5.26 Å². The summed E-state index contributed by atoms with van der Waals surface area (Å²) in [5, 5.41) is 9.07. The fourth-order valence-corrected chi connectivity index (χ4v) is 2.65. The molecule has 0 aliphatic heterocycles. The average molecular weight is 175 g/mol. The van der Waals surface area contributed by atoms with Gasteiger partial charge in [-0.2, -0.15) is 5.26 Å². The number of nitriles is 1. The highest BCUT2D eigenvalue weighted by molar-refractivity contribution is 5.06. The van der Waals surface area contributed by atoms with Crippen LogP contribution in [0, 0.1) is 28.6 Å². The van der Waals surface area contributed by atoms with Crippen LogP contribution < -0.4 is 0 Å². The van der Waals surface area contributed by atoms with Crippen molar-refractivity contribution in [3.8, 4) is 6.07 Å². The molecule has 1 heteroatoms. The summed E-state index contributed by atoms with van der Waals surface area (Å²) in [5.74, 6) is 1.64. The number of hydrogen-bond donors (Lipinski definition) is 0. The average Bonchev–Trinajstić information content (AvgIpc) is 2.54. The van der Waals surface area contributed by atoms with Crippen molar-refractivity contribution in [2.75, 3.05) is 0 Å². The predicted molar refractivity (Wildman–Crippen MR) is 52.9 cm³/mol. The molecule has 0 bridgehead atoms. The van der Waals surface area contributed by atoms with Crippen LogP contribution >= 0.6 is 0 Å². The van der Waals surface area contributed by atoms with Crippen molar-refractivity contribution in [2.45, 2.75) is 39.0 Å². The van der Waals surface area contributed by atoms with E-state index < -0.39 is 0 Å². The summed E-state index contributed by atoms with van der Waals surface area (Å²) in [6, 6.07) is 2.49. The quantitative estimate of drug-likeness (QED) is 0.518. The zero-order valence-electron chi connectivity index (χ0n) is 8.29. The van der Waals surface area contributed by atoms with Gasteiger partial charge in [0.2, 0.25) is 0 Å². The molecule has 0 amide bonds. The molecule has 0 saturated heterocycles. The summed E-state index contributed by atoms with van der Waals surface area (Å²) in [6.07, 6.45) is 10.6. The predicted octanol–water partition coefficient (Wildman–Crippen LogP) is 3.28. The fourth-order valence-electron chi connectivity index (χ4n) is 2.65. The Kier molecular flexibility index (Phi) is 2.15. The van der Waals surface area contributed by atoms with Crippen molar-refractivity contribution in [1.82, 2.24) is 0 Å². The molecular weight excluding hydrogens is 158 g/mol. The molecule has 2 aliphatic rings. The first-order valence-electron chi connectivity index (χ1n) is 5.31. The molecule has 0 radical (unpaired) electrons. The first kappa shape index (κ1) is 8.81. The second-order valence-electron chi connectivity index (χ2n) is 4.84. The van der Waals surface area contributed by atoms with Crippen LogP contribution in [0.15, 0.2) is 12.2 Å². The lowest BCUT2D eigenvalue weighted by molar-refractivity contribution is 0.370. The molecule has 3 unspecified atom stereocenters. The molecule has 3 atom stereocenters. The van der Waals surface area contributed by atoms with Crippen LogP contribution in [0.25, 0.3) is 0 Å². The van der Waals surface area contributed by atoms with Gasteiger partial charge in [0, 0.05) is 0 Å². The SMILES string of the molecule is CC1(C#N)CCC2C=CCC2CC1. The molecule has 0 spiro atoms. The van der Waals surface area contributed by atoms with E-state index in [1.54, 1.807) is 0 Å². The van der Waals surface area contributed by atoms with Gasteiger partial charge in [0.05, 0.1) is 11.5 Å². The van der Waals surface area contributed by atoms with Crippen LogP contribution in [-0.4, -0.2) is 0 Å². The van der Waals surface area contributed by atoms with E-state index in [1.165, 1.54) is 19.3 Å². The first-order valence-corrected chi connectivity index (χ1v) is 5.31. The van der Waals surface area contributed by atoms with E-state index in [0.29, 0.717) is 0 Å². The maximum atomic E-state index is 9.07. The zero-order chi connectivity index (χ0) is 9.31. The number of rotatable bonds is 0. The molecule has 0 aromatic heterocycles. The topological polar surface area (TPSA) is 23.8 Å². The van der Waals surface area contributed by atoms with Gasteiger partial charge < -0.3 is 0 Å². The molecule has 1 nitrogen and oxygen atoms in total. The van der Waals surface area contributed by atoms with Gasteiger partial charge >= 0.3 is 0 Å². The van der Waals surface area contributed by atoms with Crippen molar-refractivity contribution < 1.29 is 0 Å².